The van der Waals surface area contributed by atoms with E-state index in [1.54, 1.807) is 6.07 Å². The number of fused-ring (bicyclic) bond motifs is 2. The summed E-state index contributed by atoms with van der Waals surface area (Å²) < 4.78 is 96.8. The van der Waals surface area contributed by atoms with Crippen molar-refractivity contribution >= 4 is 81.9 Å². The predicted molar refractivity (Wildman–Crippen MR) is 171 cm³/mol. The summed E-state index contributed by atoms with van der Waals surface area (Å²) in [6, 6.07) is 14.9. The monoisotopic (exact) mass is 777 g/mol. The van der Waals surface area contributed by atoms with E-state index in [9.17, 15) is 48.7 Å². The summed E-state index contributed by atoms with van der Waals surface area (Å²) in [7, 11) is -14.8. The van der Waals surface area contributed by atoms with Crippen LogP contribution in [0.4, 0.5) is 22.7 Å². The first-order chi connectivity index (χ1) is 22.3. The van der Waals surface area contributed by atoms with Crippen LogP contribution in [-0.4, -0.2) is 56.5 Å². The van der Waals surface area contributed by atoms with Gasteiger partial charge in [0.25, 0.3) is 0 Å². The van der Waals surface area contributed by atoms with Crippen molar-refractivity contribution in [3.8, 4) is 0 Å². The van der Waals surface area contributed by atoms with Crippen molar-refractivity contribution in [1.29, 1.82) is 0 Å². The molecule has 0 spiro atoms. The minimum absolute atomic E-state index is 0. The van der Waals surface area contributed by atoms with E-state index in [2.05, 4.69) is 10.6 Å². The number of nitrogens with two attached hydrogens (primary N) is 1. The number of amides is 1. The van der Waals surface area contributed by atoms with Gasteiger partial charge in [-0.05, 0) is 42.8 Å². The fraction of sp³-hybridized carbons (Fsp3) is 0.100. The first-order valence-corrected chi connectivity index (χ1v) is 18.3. The van der Waals surface area contributed by atoms with Crippen LogP contribution in [0.25, 0.3) is 0 Å². The average Bonchev–Trinajstić information content (AvgIpc) is 3.01. The molecule has 0 saturated carbocycles. The summed E-state index contributed by atoms with van der Waals surface area (Å²) in [5.41, 5.74) is 2.90. The van der Waals surface area contributed by atoms with Gasteiger partial charge < -0.3 is 25.5 Å². The molecule has 1 aliphatic rings. The van der Waals surface area contributed by atoms with Gasteiger partial charge in [-0.2, -0.15) is 0 Å². The van der Waals surface area contributed by atoms with Crippen LogP contribution < -0.4 is 75.5 Å². The summed E-state index contributed by atoms with van der Waals surface area (Å²) in [5.74, 6) is -2.66. The van der Waals surface area contributed by atoms with Crippen LogP contribution >= 0.6 is 11.6 Å². The Balaban J connectivity index is 0.00000338. The topological polar surface area (TPSA) is 250 Å². The summed E-state index contributed by atoms with van der Waals surface area (Å²) in [6.07, 6.45) is -0.804. The fourth-order valence-corrected chi connectivity index (χ4v) is 7.86. The Morgan fingerprint density at radius 1 is 0.760 bits per heavy atom. The number of hydrogen-bond donors (Lipinski definition) is 3. The van der Waals surface area contributed by atoms with E-state index in [4.69, 9.17) is 17.3 Å². The van der Waals surface area contributed by atoms with Gasteiger partial charge in [0.2, 0.25) is 5.91 Å². The third kappa shape index (κ3) is 8.19. The molecular formula is C30H22ClN3Na2O11S3. The first kappa shape index (κ1) is 41.8. The van der Waals surface area contributed by atoms with Gasteiger partial charge in [0, 0.05) is 22.5 Å². The zero-order valence-corrected chi connectivity index (χ0v) is 33.6. The van der Waals surface area contributed by atoms with Crippen LogP contribution in [0, 0.1) is 6.92 Å². The molecule has 4 aromatic carbocycles. The molecule has 0 aliphatic heterocycles. The van der Waals surface area contributed by atoms with Gasteiger partial charge >= 0.3 is 59.1 Å². The van der Waals surface area contributed by atoms with E-state index in [1.807, 2.05) is 0 Å². The van der Waals surface area contributed by atoms with Crippen molar-refractivity contribution in [1.82, 2.24) is 0 Å². The zero-order chi connectivity index (χ0) is 35.3. The number of nitrogen functional groups attached to an aromatic ring is 1. The van der Waals surface area contributed by atoms with Crippen molar-refractivity contribution in [3.63, 3.8) is 0 Å². The van der Waals surface area contributed by atoms with E-state index in [-0.39, 0.29) is 92.1 Å². The molecule has 4 aromatic rings. The Morgan fingerprint density at radius 2 is 1.28 bits per heavy atom. The van der Waals surface area contributed by atoms with E-state index in [0.29, 0.717) is 6.07 Å². The maximum absolute atomic E-state index is 13.6. The Bertz CT molecular complexity index is 2390. The largest absolute Gasteiger partial charge is 1.00 e. The van der Waals surface area contributed by atoms with Crippen LogP contribution in [0.2, 0.25) is 0 Å². The van der Waals surface area contributed by atoms with Crippen LogP contribution in [0.15, 0.2) is 87.5 Å². The number of alkyl halides is 1. The Hall–Kier alpha value is -2.65. The number of carbonyl (C=O) groups excluding carboxylic acids is 3. The molecule has 20 heteroatoms. The van der Waals surface area contributed by atoms with Gasteiger partial charge in [0.15, 0.2) is 21.4 Å². The second kappa shape index (κ2) is 15.5. The van der Waals surface area contributed by atoms with E-state index < -0.39 is 91.0 Å². The third-order valence-electron chi connectivity index (χ3n) is 7.44. The van der Waals surface area contributed by atoms with Crippen LogP contribution in [-0.2, 0) is 34.9 Å². The maximum atomic E-state index is 13.6. The SMILES string of the molecule is Cc1c(NC(=O)CC(Cl)S(=O)(=O)c2ccccc2)cc(S(=O)(=O)[O-])cc1Nc1cc(S(=O)(=O)[O-])c(N)c2c1C(=O)c1ccccc1C2=O.[Na+].[Na+]. The number of nitrogens with one attached hydrogen (secondary N) is 2. The van der Waals surface area contributed by atoms with Crippen molar-refractivity contribution in [2.24, 2.45) is 0 Å². The molecule has 0 bridgehead atoms. The smallest absolute Gasteiger partial charge is 0.744 e. The van der Waals surface area contributed by atoms with E-state index >= 15 is 0 Å². The fourth-order valence-electron chi connectivity index (χ4n) is 5.05. The number of ketones is 2. The van der Waals surface area contributed by atoms with Crippen molar-refractivity contribution in [2.45, 2.75) is 32.7 Å². The van der Waals surface area contributed by atoms with Crippen LogP contribution in [0.1, 0.15) is 43.8 Å². The third-order valence-corrected chi connectivity index (χ3v) is 11.8. The minimum atomic E-state index is -5.35. The molecule has 250 valence electrons. The Kier molecular flexibility index (Phi) is 13.0. The Morgan fingerprint density at radius 3 is 1.82 bits per heavy atom. The molecule has 0 aromatic heterocycles. The number of anilines is 4. The molecule has 1 atom stereocenters. The molecule has 1 unspecified atom stereocenters. The van der Waals surface area contributed by atoms with Gasteiger partial charge in [-0.15, -0.1) is 11.6 Å². The molecule has 4 N–H and O–H groups in total. The molecule has 14 nitrogen and oxygen atoms in total. The molecule has 0 radical (unpaired) electrons. The van der Waals surface area contributed by atoms with Gasteiger partial charge in [-0.1, -0.05) is 42.5 Å². The first-order valence-electron chi connectivity index (χ1n) is 13.5. The summed E-state index contributed by atoms with van der Waals surface area (Å²) in [6.45, 7) is 1.33. The number of rotatable bonds is 9. The quantitative estimate of drug-likeness (QED) is 0.0597. The number of halogens is 1. The van der Waals surface area contributed by atoms with Crippen molar-refractivity contribution in [2.75, 3.05) is 16.4 Å². The van der Waals surface area contributed by atoms with Crippen LogP contribution in [0.3, 0.4) is 0 Å². The molecule has 5 rings (SSSR count). The van der Waals surface area contributed by atoms with Gasteiger partial charge in [0.05, 0.1) is 43.6 Å². The average molecular weight is 778 g/mol. The maximum Gasteiger partial charge on any atom is 1.00 e. The van der Waals surface area contributed by atoms with Gasteiger partial charge in [-0.3, -0.25) is 14.4 Å². The second-order valence-corrected chi connectivity index (χ2v) is 16.1. The molecule has 0 fully saturated rings. The van der Waals surface area contributed by atoms with Gasteiger partial charge in [-0.25, -0.2) is 25.3 Å². The normalized spacial score (nSPS) is 13.2. The van der Waals surface area contributed by atoms with Crippen LogP contribution in [0.5, 0.6) is 0 Å². The van der Waals surface area contributed by atoms with Crippen molar-refractivity contribution in [3.05, 3.63) is 101 Å². The molecule has 1 aliphatic carbocycles. The van der Waals surface area contributed by atoms with Crippen molar-refractivity contribution < 1.29 is 108 Å². The molecule has 50 heavy (non-hydrogen) atoms. The standard InChI is InChI=1S/C30H24ClN3O11S3.2Na/c1-15-20(11-17(47(40,41)42)12-21(15)34-25(35)14-24(31)46(38,39)16-7-3-2-4-8-16)33-22-13-23(48(43,44)45)28(32)27-26(22)29(36)18-9-5-6-10-19(18)30(27)37;;/h2-13,24,33H,14,32H2,1H3,(H,34,35)(H,40,41,42)(H,43,44,45);;/q;2*+1/p-2. The predicted octanol–water partition coefficient (Wildman–Crippen LogP) is -2.72. The number of sulfone groups is 1. The van der Waals surface area contributed by atoms with E-state index in [1.165, 1.54) is 55.5 Å². The summed E-state index contributed by atoms with van der Waals surface area (Å²) in [4.78, 5) is 37.9. The molecule has 0 heterocycles. The zero-order valence-electron chi connectivity index (χ0n) is 26.4. The molecular weight excluding hydrogens is 756 g/mol. The Labute approximate surface area is 336 Å². The summed E-state index contributed by atoms with van der Waals surface area (Å²) >= 11 is 6.09. The number of benzene rings is 4. The van der Waals surface area contributed by atoms with Gasteiger partial charge in [0.1, 0.15) is 24.9 Å². The van der Waals surface area contributed by atoms with E-state index in [0.717, 1.165) is 12.1 Å². The molecule has 0 saturated heterocycles. The number of carbonyl (C=O) groups is 3. The second-order valence-electron chi connectivity index (χ2n) is 10.5. The minimum Gasteiger partial charge on any atom is -0.744 e. The number of hydrogen-bond acceptors (Lipinski definition) is 13. The summed E-state index contributed by atoms with van der Waals surface area (Å²) in [5, 5.41) is 4.95. The molecule has 1 amide bonds.